The summed E-state index contributed by atoms with van der Waals surface area (Å²) in [6.45, 7) is 2.06. The van der Waals surface area contributed by atoms with E-state index >= 15 is 0 Å². The Morgan fingerprint density at radius 3 is 2.70 bits per heavy atom. The molecule has 4 N–H and O–H groups in total. The topological polar surface area (TPSA) is 131 Å². The van der Waals surface area contributed by atoms with Crippen molar-refractivity contribution in [3.63, 3.8) is 0 Å². The zero-order valence-electron chi connectivity index (χ0n) is 15.1. The second-order valence-electron chi connectivity index (χ2n) is 6.23. The van der Waals surface area contributed by atoms with Crippen molar-refractivity contribution in [2.75, 3.05) is 6.54 Å². The van der Waals surface area contributed by atoms with Crippen LogP contribution in [-0.2, 0) is 25.5 Å². The fourth-order valence-corrected chi connectivity index (χ4v) is 4.11. The number of amides is 3. The van der Waals surface area contributed by atoms with Crippen molar-refractivity contribution in [2.24, 2.45) is 5.84 Å². The normalized spacial score (nSPS) is 20.0. The van der Waals surface area contributed by atoms with Gasteiger partial charge in [0, 0.05) is 19.4 Å². The molecular formula is C17H24N4O5P+. The Kier molecular flexibility index (Phi) is 7.27. The molecule has 1 aromatic rings. The SMILES string of the molecule is CCCC(=O)N[P+](=O)C1(NC(=O)OCc2ccccc2)CCCN(N)C1=O. The lowest BCUT2D eigenvalue weighted by molar-refractivity contribution is -0.138. The summed E-state index contributed by atoms with van der Waals surface area (Å²) in [7, 11) is -2.63. The molecule has 1 heterocycles. The van der Waals surface area contributed by atoms with Crippen LogP contribution in [0.3, 0.4) is 0 Å². The maximum absolute atomic E-state index is 12.8. The highest BCUT2D eigenvalue weighted by atomic mass is 31.1. The van der Waals surface area contributed by atoms with E-state index in [1.165, 1.54) is 0 Å². The van der Waals surface area contributed by atoms with E-state index in [4.69, 9.17) is 10.6 Å². The van der Waals surface area contributed by atoms with Crippen molar-refractivity contribution in [2.45, 2.75) is 44.5 Å². The van der Waals surface area contributed by atoms with Gasteiger partial charge in [0.2, 0.25) is 0 Å². The Hall–Kier alpha value is -2.51. The lowest BCUT2D eigenvalue weighted by Crippen LogP contribution is -2.63. The molecule has 1 saturated heterocycles. The first-order valence-electron chi connectivity index (χ1n) is 8.71. The van der Waals surface area contributed by atoms with Gasteiger partial charge in [-0.15, -0.1) is 5.09 Å². The van der Waals surface area contributed by atoms with E-state index in [1.807, 2.05) is 6.07 Å². The third-order valence-electron chi connectivity index (χ3n) is 4.12. The summed E-state index contributed by atoms with van der Waals surface area (Å²) in [5, 5.41) is 3.80. The molecule has 1 aliphatic heterocycles. The minimum absolute atomic E-state index is 0.0116. The molecule has 0 radical (unpaired) electrons. The number of hydrogen-bond acceptors (Lipinski definition) is 6. The first-order valence-corrected chi connectivity index (χ1v) is 9.97. The smallest absolute Gasteiger partial charge is 0.445 e. The predicted molar refractivity (Wildman–Crippen MR) is 98.3 cm³/mol. The van der Waals surface area contributed by atoms with E-state index < -0.39 is 31.1 Å². The van der Waals surface area contributed by atoms with Crippen molar-refractivity contribution in [3.8, 4) is 0 Å². The van der Waals surface area contributed by atoms with Gasteiger partial charge in [-0.05, 0) is 23.0 Å². The molecule has 1 aliphatic rings. The van der Waals surface area contributed by atoms with E-state index in [1.54, 1.807) is 31.2 Å². The minimum atomic E-state index is -2.63. The maximum Gasteiger partial charge on any atom is 0.501 e. The van der Waals surface area contributed by atoms with E-state index in [0.29, 0.717) is 12.8 Å². The average molecular weight is 395 g/mol. The first kappa shape index (κ1) is 20.8. The quantitative estimate of drug-likeness (QED) is 0.366. The molecule has 0 bridgehead atoms. The Labute approximate surface area is 158 Å². The van der Waals surface area contributed by atoms with Gasteiger partial charge in [0.15, 0.2) is 0 Å². The molecule has 1 aromatic carbocycles. The molecule has 2 rings (SSSR count). The fraction of sp³-hybridized carbons (Fsp3) is 0.471. The van der Waals surface area contributed by atoms with Gasteiger partial charge in [-0.1, -0.05) is 37.3 Å². The third kappa shape index (κ3) is 5.24. The van der Waals surface area contributed by atoms with Crippen LogP contribution in [0.4, 0.5) is 4.79 Å². The molecule has 0 aromatic heterocycles. The molecule has 3 amide bonds. The summed E-state index contributed by atoms with van der Waals surface area (Å²) in [6.07, 6.45) is 0.324. The Balaban J connectivity index is 2.12. The standard InChI is InChI=1S/C17H23N4O5P/c1-2-7-14(22)20-27(25)17(10-6-11-21(18)15(17)23)19-16(24)26-12-13-8-4-3-5-9-13/h3-5,8-9H,2,6-7,10-12,18H2,1H3,(H-,19,20,22,24,25)/p+1. The number of rotatable bonds is 7. The van der Waals surface area contributed by atoms with E-state index in [2.05, 4.69) is 10.4 Å². The lowest BCUT2D eigenvalue weighted by Gasteiger charge is -2.31. The van der Waals surface area contributed by atoms with Crippen LogP contribution in [0.2, 0.25) is 0 Å². The second kappa shape index (κ2) is 9.43. The van der Waals surface area contributed by atoms with Gasteiger partial charge in [0.25, 0.3) is 5.91 Å². The molecule has 0 saturated carbocycles. The number of carbonyl (C=O) groups is 3. The number of nitrogens with zero attached hydrogens (tertiary/aromatic N) is 1. The molecule has 0 aliphatic carbocycles. The number of piperidine rings is 1. The molecular weight excluding hydrogens is 371 g/mol. The van der Waals surface area contributed by atoms with Crippen LogP contribution in [0.25, 0.3) is 0 Å². The highest BCUT2D eigenvalue weighted by Gasteiger charge is 2.62. The number of nitrogens with two attached hydrogens (primary N) is 1. The molecule has 1 fully saturated rings. The average Bonchev–Trinajstić information content (AvgIpc) is 2.65. The summed E-state index contributed by atoms with van der Waals surface area (Å²) in [4.78, 5) is 36.7. The Bertz CT molecular complexity index is 715. The van der Waals surface area contributed by atoms with Crippen molar-refractivity contribution in [1.82, 2.24) is 15.4 Å². The number of hydrogen-bond donors (Lipinski definition) is 3. The van der Waals surface area contributed by atoms with Crippen molar-refractivity contribution in [1.29, 1.82) is 0 Å². The molecule has 2 unspecified atom stereocenters. The van der Waals surface area contributed by atoms with E-state index in [9.17, 15) is 18.9 Å². The zero-order valence-corrected chi connectivity index (χ0v) is 16.0. The number of nitrogens with one attached hydrogen (secondary N) is 2. The third-order valence-corrected chi connectivity index (χ3v) is 5.80. The van der Waals surface area contributed by atoms with Crippen LogP contribution < -0.4 is 16.2 Å². The second-order valence-corrected chi connectivity index (χ2v) is 7.80. The monoisotopic (exact) mass is 395 g/mol. The molecule has 0 spiro atoms. The predicted octanol–water partition coefficient (Wildman–Crippen LogP) is 1.76. The summed E-state index contributed by atoms with van der Waals surface area (Å²) in [5.41, 5.74) is 0.762. The Morgan fingerprint density at radius 2 is 2.04 bits per heavy atom. The van der Waals surface area contributed by atoms with Gasteiger partial charge in [-0.2, -0.15) is 0 Å². The molecule has 2 atom stereocenters. The Morgan fingerprint density at radius 1 is 1.33 bits per heavy atom. The summed E-state index contributed by atoms with van der Waals surface area (Å²) < 4.78 is 18.0. The fourth-order valence-electron chi connectivity index (χ4n) is 2.73. The zero-order chi connectivity index (χ0) is 19.9. The van der Waals surface area contributed by atoms with Crippen LogP contribution in [0, 0.1) is 0 Å². The van der Waals surface area contributed by atoms with Crippen LogP contribution in [-0.4, -0.2) is 34.7 Å². The van der Waals surface area contributed by atoms with Crippen molar-refractivity contribution >= 4 is 25.9 Å². The summed E-state index contributed by atoms with van der Waals surface area (Å²) >= 11 is 0. The molecule has 146 valence electrons. The molecule has 10 heteroatoms. The van der Waals surface area contributed by atoms with Gasteiger partial charge >= 0.3 is 25.2 Å². The summed E-state index contributed by atoms with van der Waals surface area (Å²) in [5.74, 6) is 4.49. The highest BCUT2D eigenvalue weighted by molar-refractivity contribution is 7.46. The largest absolute Gasteiger partial charge is 0.501 e. The lowest BCUT2D eigenvalue weighted by atomic mass is 10.1. The van der Waals surface area contributed by atoms with Crippen molar-refractivity contribution in [3.05, 3.63) is 35.9 Å². The van der Waals surface area contributed by atoms with Gasteiger partial charge in [0.05, 0.1) is 0 Å². The van der Waals surface area contributed by atoms with E-state index in [0.717, 1.165) is 10.6 Å². The van der Waals surface area contributed by atoms with Crippen molar-refractivity contribution < 1.29 is 23.7 Å². The number of ether oxygens (including phenoxy) is 1. The van der Waals surface area contributed by atoms with Gasteiger partial charge < -0.3 is 4.74 Å². The van der Waals surface area contributed by atoms with Crippen LogP contribution in [0.1, 0.15) is 38.2 Å². The number of carbonyl (C=O) groups excluding carboxylic acids is 3. The highest BCUT2D eigenvalue weighted by Crippen LogP contribution is 2.41. The summed E-state index contributed by atoms with van der Waals surface area (Å²) in [6, 6.07) is 8.99. The first-order chi connectivity index (χ1) is 12.9. The number of benzene rings is 1. The van der Waals surface area contributed by atoms with Gasteiger partial charge in [-0.25, -0.2) is 10.6 Å². The van der Waals surface area contributed by atoms with E-state index in [-0.39, 0.29) is 26.0 Å². The maximum atomic E-state index is 12.8. The van der Waals surface area contributed by atoms with Crippen LogP contribution in [0.5, 0.6) is 0 Å². The minimum Gasteiger partial charge on any atom is -0.445 e. The number of alkyl carbamates (subject to hydrolysis) is 1. The van der Waals surface area contributed by atoms with Crippen LogP contribution in [0.15, 0.2) is 30.3 Å². The van der Waals surface area contributed by atoms with Crippen LogP contribution >= 0.6 is 7.95 Å². The van der Waals surface area contributed by atoms with Gasteiger partial charge in [0.1, 0.15) is 6.61 Å². The van der Waals surface area contributed by atoms with Gasteiger partial charge in [-0.3, -0.25) is 19.9 Å². The molecule has 9 nitrogen and oxygen atoms in total. The number of hydrazine groups is 1. The molecule has 27 heavy (non-hydrogen) atoms.